The van der Waals surface area contributed by atoms with Gasteiger partial charge in [-0.2, -0.15) is 0 Å². The molecule has 0 aromatic carbocycles. The zero-order valence-corrected chi connectivity index (χ0v) is 8.23. The third kappa shape index (κ3) is 4.12. The fourth-order valence-electron chi connectivity index (χ4n) is 1.45. The molecule has 0 bridgehead atoms. The topological polar surface area (TPSA) is 53.2 Å². The van der Waals surface area contributed by atoms with Crippen LogP contribution in [0.4, 0.5) is 4.79 Å². The molecule has 1 fully saturated rings. The standard InChI is InChI=1S/C9H19N3O/c1-2-5-11-9(13)12-8-4-3-6-10-7-8/h8,10H,2-7H2,1H3,(H2,11,12,13)/t8-/m0/s1. The predicted molar refractivity (Wildman–Crippen MR) is 52.7 cm³/mol. The monoisotopic (exact) mass is 185 g/mol. The van der Waals surface area contributed by atoms with Gasteiger partial charge < -0.3 is 16.0 Å². The van der Waals surface area contributed by atoms with Crippen molar-refractivity contribution in [3.63, 3.8) is 0 Å². The summed E-state index contributed by atoms with van der Waals surface area (Å²) in [5.41, 5.74) is 0. The first kappa shape index (κ1) is 10.3. The van der Waals surface area contributed by atoms with Gasteiger partial charge in [0.2, 0.25) is 0 Å². The quantitative estimate of drug-likeness (QED) is 0.598. The first-order valence-electron chi connectivity index (χ1n) is 5.08. The summed E-state index contributed by atoms with van der Waals surface area (Å²) in [5.74, 6) is 0. The first-order valence-corrected chi connectivity index (χ1v) is 5.08. The minimum atomic E-state index is -0.0319. The maximum absolute atomic E-state index is 11.2. The molecular formula is C9H19N3O. The second-order valence-corrected chi connectivity index (χ2v) is 3.44. The van der Waals surface area contributed by atoms with Crippen LogP contribution < -0.4 is 16.0 Å². The summed E-state index contributed by atoms with van der Waals surface area (Å²) in [4.78, 5) is 11.2. The van der Waals surface area contributed by atoms with Crippen LogP contribution in [0, 0.1) is 0 Å². The molecule has 1 aliphatic heterocycles. The van der Waals surface area contributed by atoms with Crippen LogP contribution in [0.15, 0.2) is 0 Å². The lowest BCUT2D eigenvalue weighted by molar-refractivity contribution is 0.234. The van der Waals surface area contributed by atoms with Crippen molar-refractivity contribution in [3.8, 4) is 0 Å². The second kappa shape index (κ2) is 5.80. The molecule has 4 nitrogen and oxygen atoms in total. The van der Waals surface area contributed by atoms with Gasteiger partial charge in [-0.15, -0.1) is 0 Å². The van der Waals surface area contributed by atoms with E-state index in [0.717, 1.165) is 38.9 Å². The van der Waals surface area contributed by atoms with E-state index in [0.29, 0.717) is 6.04 Å². The highest BCUT2D eigenvalue weighted by Gasteiger charge is 2.14. The van der Waals surface area contributed by atoms with Gasteiger partial charge in [-0.05, 0) is 25.8 Å². The number of hydrogen-bond donors (Lipinski definition) is 3. The Hall–Kier alpha value is -0.770. The van der Waals surface area contributed by atoms with Crippen molar-refractivity contribution in [2.24, 2.45) is 0 Å². The number of piperidine rings is 1. The van der Waals surface area contributed by atoms with Crippen molar-refractivity contribution in [3.05, 3.63) is 0 Å². The van der Waals surface area contributed by atoms with Gasteiger partial charge in [0.25, 0.3) is 0 Å². The Morgan fingerprint density at radius 2 is 2.46 bits per heavy atom. The summed E-state index contributed by atoms with van der Waals surface area (Å²) in [6.45, 7) is 4.78. The van der Waals surface area contributed by atoms with E-state index >= 15 is 0 Å². The molecule has 4 heteroatoms. The molecule has 0 radical (unpaired) electrons. The van der Waals surface area contributed by atoms with Crippen molar-refractivity contribution in [1.82, 2.24) is 16.0 Å². The fourth-order valence-corrected chi connectivity index (χ4v) is 1.45. The minimum Gasteiger partial charge on any atom is -0.338 e. The van der Waals surface area contributed by atoms with Crippen LogP contribution in [-0.4, -0.2) is 31.7 Å². The first-order chi connectivity index (χ1) is 6.33. The minimum absolute atomic E-state index is 0.0319. The summed E-state index contributed by atoms with van der Waals surface area (Å²) in [5, 5.41) is 9.00. The van der Waals surface area contributed by atoms with Crippen molar-refractivity contribution >= 4 is 6.03 Å². The molecule has 1 heterocycles. The highest BCUT2D eigenvalue weighted by Crippen LogP contribution is 2.00. The molecule has 0 spiro atoms. The van der Waals surface area contributed by atoms with Crippen LogP contribution >= 0.6 is 0 Å². The lowest BCUT2D eigenvalue weighted by Crippen LogP contribution is -2.49. The Balaban J connectivity index is 2.11. The Morgan fingerprint density at radius 3 is 3.08 bits per heavy atom. The molecule has 1 atom stereocenters. The van der Waals surface area contributed by atoms with E-state index < -0.39 is 0 Å². The van der Waals surface area contributed by atoms with Crippen LogP contribution in [0.25, 0.3) is 0 Å². The van der Waals surface area contributed by atoms with Crippen LogP contribution in [0.3, 0.4) is 0 Å². The van der Waals surface area contributed by atoms with E-state index in [-0.39, 0.29) is 6.03 Å². The summed E-state index contributed by atoms with van der Waals surface area (Å²) in [6.07, 6.45) is 3.22. The van der Waals surface area contributed by atoms with Crippen molar-refractivity contribution < 1.29 is 4.79 Å². The van der Waals surface area contributed by atoms with Gasteiger partial charge in [0.15, 0.2) is 0 Å². The molecule has 1 saturated heterocycles. The highest BCUT2D eigenvalue weighted by atomic mass is 16.2. The molecule has 0 aromatic rings. The van der Waals surface area contributed by atoms with E-state index in [2.05, 4.69) is 16.0 Å². The summed E-state index contributed by atoms with van der Waals surface area (Å²) in [7, 11) is 0. The van der Waals surface area contributed by atoms with E-state index in [1.54, 1.807) is 0 Å². The largest absolute Gasteiger partial charge is 0.338 e. The number of nitrogens with one attached hydrogen (secondary N) is 3. The molecular weight excluding hydrogens is 166 g/mol. The zero-order valence-electron chi connectivity index (χ0n) is 8.23. The Morgan fingerprint density at radius 1 is 1.62 bits per heavy atom. The third-order valence-corrected chi connectivity index (χ3v) is 2.17. The van der Waals surface area contributed by atoms with Gasteiger partial charge in [-0.25, -0.2) is 4.79 Å². The number of carbonyl (C=O) groups excluding carboxylic acids is 1. The Labute approximate surface area is 79.5 Å². The van der Waals surface area contributed by atoms with E-state index in [4.69, 9.17) is 0 Å². The molecule has 0 unspecified atom stereocenters. The molecule has 13 heavy (non-hydrogen) atoms. The van der Waals surface area contributed by atoms with Crippen molar-refractivity contribution in [1.29, 1.82) is 0 Å². The van der Waals surface area contributed by atoms with Gasteiger partial charge in [-0.3, -0.25) is 0 Å². The van der Waals surface area contributed by atoms with Gasteiger partial charge in [0, 0.05) is 19.1 Å². The SMILES string of the molecule is CCCNC(=O)N[C@H]1CCCNC1. The fraction of sp³-hybridized carbons (Fsp3) is 0.889. The number of amides is 2. The van der Waals surface area contributed by atoms with Crippen LogP contribution in [0.5, 0.6) is 0 Å². The van der Waals surface area contributed by atoms with Crippen LogP contribution in [0.1, 0.15) is 26.2 Å². The lowest BCUT2D eigenvalue weighted by Gasteiger charge is -2.23. The number of hydrogen-bond acceptors (Lipinski definition) is 2. The normalized spacial score (nSPS) is 22.4. The molecule has 1 aliphatic rings. The highest BCUT2D eigenvalue weighted by molar-refractivity contribution is 5.74. The van der Waals surface area contributed by atoms with Crippen LogP contribution in [-0.2, 0) is 0 Å². The number of rotatable bonds is 3. The van der Waals surface area contributed by atoms with Gasteiger partial charge in [-0.1, -0.05) is 6.92 Å². The summed E-state index contributed by atoms with van der Waals surface area (Å²) < 4.78 is 0. The van der Waals surface area contributed by atoms with Gasteiger partial charge >= 0.3 is 6.03 Å². The third-order valence-electron chi connectivity index (χ3n) is 2.17. The number of carbonyl (C=O) groups is 1. The molecule has 0 aliphatic carbocycles. The predicted octanol–water partition coefficient (Wildman–Crippen LogP) is 0.448. The van der Waals surface area contributed by atoms with Gasteiger partial charge in [0.1, 0.15) is 0 Å². The molecule has 3 N–H and O–H groups in total. The van der Waals surface area contributed by atoms with E-state index in [9.17, 15) is 4.79 Å². The smallest absolute Gasteiger partial charge is 0.315 e. The average molecular weight is 185 g/mol. The molecule has 1 rings (SSSR count). The lowest BCUT2D eigenvalue weighted by atomic mass is 10.1. The van der Waals surface area contributed by atoms with E-state index in [1.165, 1.54) is 0 Å². The van der Waals surface area contributed by atoms with E-state index in [1.807, 2.05) is 6.92 Å². The van der Waals surface area contributed by atoms with Gasteiger partial charge in [0.05, 0.1) is 0 Å². The maximum Gasteiger partial charge on any atom is 0.315 e. The van der Waals surface area contributed by atoms with Crippen LogP contribution in [0.2, 0.25) is 0 Å². The summed E-state index contributed by atoms with van der Waals surface area (Å²) in [6, 6.07) is 0.279. The Kier molecular flexibility index (Phi) is 4.60. The summed E-state index contributed by atoms with van der Waals surface area (Å²) >= 11 is 0. The molecule has 2 amide bonds. The van der Waals surface area contributed by atoms with Crippen molar-refractivity contribution in [2.45, 2.75) is 32.2 Å². The Bertz CT molecular complexity index is 155. The molecule has 76 valence electrons. The molecule has 0 aromatic heterocycles. The maximum atomic E-state index is 11.2. The second-order valence-electron chi connectivity index (χ2n) is 3.44. The molecule has 0 saturated carbocycles. The average Bonchev–Trinajstić information content (AvgIpc) is 2.16. The number of urea groups is 1. The zero-order chi connectivity index (χ0) is 9.52. The van der Waals surface area contributed by atoms with Crippen molar-refractivity contribution in [2.75, 3.05) is 19.6 Å².